The Morgan fingerprint density at radius 2 is 2.00 bits per heavy atom. The molecule has 2 saturated heterocycles. The van der Waals surface area contributed by atoms with Crippen LogP contribution in [0.25, 0.3) is 0 Å². The van der Waals surface area contributed by atoms with Crippen molar-refractivity contribution in [3.63, 3.8) is 0 Å². The largest absolute Gasteiger partial charge is 0.346 e. The van der Waals surface area contributed by atoms with Crippen LogP contribution in [0.15, 0.2) is 42.5 Å². The molecule has 2 fully saturated rings. The van der Waals surface area contributed by atoms with Crippen LogP contribution in [0, 0.1) is 11.8 Å². The molecule has 0 saturated carbocycles. The summed E-state index contributed by atoms with van der Waals surface area (Å²) in [7, 11) is 0. The number of nitrogens with zero attached hydrogens (tertiary/aromatic N) is 1. The molecule has 33 heavy (non-hydrogen) atoms. The minimum atomic E-state index is -0.0152. The van der Waals surface area contributed by atoms with Gasteiger partial charge in [-0.15, -0.1) is 0 Å². The second kappa shape index (κ2) is 9.60. The highest BCUT2D eigenvalue weighted by atomic mass is 16.1. The van der Waals surface area contributed by atoms with Gasteiger partial charge in [0.05, 0.1) is 6.04 Å². The van der Waals surface area contributed by atoms with Crippen LogP contribution in [0.4, 0.5) is 0 Å². The molecule has 0 unspecified atom stereocenters. The van der Waals surface area contributed by atoms with Gasteiger partial charge < -0.3 is 10.6 Å². The summed E-state index contributed by atoms with van der Waals surface area (Å²) in [5.41, 5.74) is 6.07. The molecular weight excluding hydrogens is 406 g/mol. The maximum absolute atomic E-state index is 13.8. The topological polar surface area (TPSA) is 44.4 Å². The lowest BCUT2D eigenvalue weighted by atomic mass is 9.75. The van der Waals surface area contributed by atoms with E-state index in [2.05, 4.69) is 60.6 Å². The highest BCUT2D eigenvalue weighted by molar-refractivity contribution is 5.97. The van der Waals surface area contributed by atoms with E-state index in [1.807, 2.05) is 18.2 Å². The van der Waals surface area contributed by atoms with Gasteiger partial charge in [0.2, 0.25) is 0 Å². The Balaban J connectivity index is 1.49. The van der Waals surface area contributed by atoms with Crippen LogP contribution in [0.1, 0.15) is 84.7 Å². The van der Waals surface area contributed by atoms with Crippen LogP contribution in [-0.2, 0) is 12.8 Å². The van der Waals surface area contributed by atoms with Gasteiger partial charge >= 0.3 is 0 Å². The fourth-order valence-corrected chi connectivity index (χ4v) is 6.40. The monoisotopic (exact) mass is 445 g/mol. The van der Waals surface area contributed by atoms with Crippen LogP contribution in [-0.4, -0.2) is 36.5 Å². The molecule has 3 aliphatic heterocycles. The molecule has 2 aromatic rings. The van der Waals surface area contributed by atoms with E-state index in [9.17, 15) is 4.79 Å². The van der Waals surface area contributed by atoms with Crippen molar-refractivity contribution in [2.45, 2.75) is 71.0 Å². The van der Waals surface area contributed by atoms with Gasteiger partial charge in [-0.3, -0.25) is 9.69 Å². The van der Waals surface area contributed by atoms with E-state index >= 15 is 0 Å². The second-order valence-electron chi connectivity index (χ2n) is 10.9. The van der Waals surface area contributed by atoms with E-state index in [0.717, 1.165) is 55.9 Å². The summed E-state index contributed by atoms with van der Waals surface area (Å²) in [5.74, 6) is 1.41. The number of nitrogens with one attached hydrogen (secondary N) is 2. The van der Waals surface area contributed by atoms with Crippen LogP contribution in [0.5, 0.6) is 0 Å². The maximum atomic E-state index is 13.8. The van der Waals surface area contributed by atoms with Gasteiger partial charge in [-0.25, -0.2) is 0 Å². The zero-order valence-corrected chi connectivity index (χ0v) is 20.4. The van der Waals surface area contributed by atoms with Gasteiger partial charge in [0.1, 0.15) is 0 Å². The molecular formula is C29H39N3O. The summed E-state index contributed by atoms with van der Waals surface area (Å²) in [5, 5.41) is 7.12. The standard InChI is InChI=1S/C29H39N3O/c1-19(2)14-21-15-23-11-13-32-18-24-10-7-12-30-26(24)17-27(32)28(23)25(16-21)29(33)31-20(3)22-8-5-4-6-9-22/h4-6,8-9,15-16,19-20,24,26-27,30H,7,10-14,17-18H2,1-3H3,(H,31,33)/t20-,24-,26+,27+/m1/s1. The summed E-state index contributed by atoms with van der Waals surface area (Å²) in [6, 6.07) is 15.8. The molecule has 4 atom stereocenters. The van der Waals surface area contributed by atoms with Gasteiger partial charge in [-0.2, -0.15) is 0 Å². The fourth-order valence-electron chi connectivity index (χ4n) is 6.40. The predicted molar refractivity (Wildman–Crippen MR) is 134 cm³/mol. The Kier molecular flexibility index (Phi) is 6.58. The minimum Gasteiger partial charge on any atom is -0.346 e. The number of hydrogen-bond donors (Lipinski definition) is 2. The third kappa shape index (κ3) is 4.74. The third-order valence-electron chi connectivity index (χ3n) is 7.98. The first-order valence-corrected chi connectivity index (χ1v) is 13.0. The van der Waals surface area contributed by atoms with Gasteiger partial charge in [-0.1, -0.05) is 50.2 Å². The van der Waals surface area contributed by atoms with Crippen molar-refractivity contribution in [2.75, 3.05) is 19.6 Å². The van der Waals surface area contributed by atoms with Crippen molar-refractivity contribution in [1.82, 2.24) is 15.5 Å². The molecule has 3 heterocycles. The molecule has 0 aromatic heterocycles. The normalized spacial score (nSPS) is 25.6. The average molecular weight is 446 g/mol. The molecule has 0 radical (unpaired) electrons. The molecule has 1 amide bonds. The molecule has 4 nitrogen and oxygen atoms in total. The predicted octanol–water partition coefficient (Wildman–Crippen LogP) is 5.05. The number of hydrogen-bond acceptors (Lipinski definition) is 3. The molecule has 176 valence electrons. The number of piperidine rings is 2. The molecule has 3 aliphatic rings. The molecule has 5 rings (SSSR count). The average Bonchev–Trinajstić information content (AvgIpc) is 2.82. The lowest BCUT2D eigenvalue weighted by Gasteiger charge is -2.49. The molecule has 2 N–H and O–H groups in total. The molecule has 4 heteroatoms. The lowest BCUT2D eigenvalue weighted by Crippen LogP contribution is -2.55. The van der Waals surface area contributed by atoms with Crippen molar-refractivity contribution >= 4 is 5.91 Å². The second-order valence-corrected chi connectivity index (χ2v) is 10.9. The Hall–Kier alpha value is -2.17. The van der Waals surface area contributed by atoms with Crippen LogP contribution in [0.3, 0.4) is 0 Å². The molecule has 2 aromatic carbocycles. The zero-order chi connectivity index (χ0) is 22.9. The lowest BCUT2D eigenvalue weighted by molar-refractivity contribution is 0.0542. The van der Waals surface area contributed by atoms with Gasteiger partial charge in [0, 0.05) is 30.7 Å². The SMILES string of the molecule is CC(C)Cc1cc2c(c(C(=O)N[C@H](C)c3ccccc3)c1)[C@@H]1C[C@@H]3NCCC[C@@H]3CN1CC2. The summed E-state index contributed by atoms with van der Waals surface area (Å²) >= 11 is 0. The quantitative estimate of drug-likeness (QED) is 0.677. The highest BCUT2D eigenvalue weighted by Crippen LogP contribution is 2.42. The van der Waals surface area contributed by atoms with E-state index in [-0.39, 0.29) is 11.9 Å². The smallest absolute Gasteiger partial charge is 0.252 e. The van der Waals surface area contributed by atoms with Gasteiger partial charge in [0.25, 0.3) is 5.91 Å². The Morgan fingerprint density at radius 1 is 1.18 bits per heavy atom. The Morgan fingerprint density at radius 3 is 2.79 bits per heavy atom. The van der Waals surface area contributed by atoms with Crippen molar-refractivity contribution in [3.8, 4) is 0 Å². The molecule has 0 spiro atoms. The van der Waals surface area contributed by atoms with Crippen LogP contribution < -0.4 is 10.6 Å². The summed E-state index contributed by atoms with van der Waals surface area (Å²) in [6.45, 7) is 10.0. The van der Waals surface area contributed by atoms with E-state index < -0.39 is 0 Å². The minimum absolute atomic E-state index is 0.0152. The van der Waals surface area contributed by atoms with Crippen molar-refractivity contribution in [2.24, 2.45) is 11.8 Å². The molecule has 0 bridgehead atoms. The van der Waals surface area contributed by atoms with E-state index in [1.54, 1.807) is 0 Å². The van der Waals surface area contributed by atoms with E-state index in [1.165, 1.54) is 29.5 Å². The Bertz CT molecular complexity index is 986. The molecule has 0 aliphatic carbocycles. The first-order valence-electron chi connectivity index (χ1n) is 13.0. The van der Waals surface area contributed by atoms with Crippen molar-refractivity contribution in [3.05, 3.63) is 70.3 Å². The van der Waals surface area contributed by atoms with Gasteiger partial charge in [0.15, 0.2) is 0 Å². The maximum Gasteiger partial charge on any atom is 0.252 e. The number of rotatable bonds is 5. The fraction of sp³-hybridized carbons (Fsp3) is 0.552. The number of carbonyl (C=O) groups excluding carboxylic acids is 1. The van der Waals surface area contributed by atoms with Crippen LogP contribution >= 0.6 is 0 Å². The summed E-state index contributed by atoms with van der Waals surface area (Å²) < 4.78 is 0. The third-order valence-corrected chi connectivity index (χ3v) is 7.98. The Labute approximate surface area is 199 Å². The number of carbonyl (C=O) groups is 1. The number of fused-ring (bicyclic) bond motifs is 4. The van der Waals surface area contributed by atoms with Crippen LogP contribution in [0.2, 0.25) is 0 Å². The van der Waals surface area contributed by atoms with Crippen molar-refractivity contribution < 1.29 is 4.79 Å². The first kappa shape index (κ1) is 22.6. The van der Waals surface area contributed by atoms with E-state index in [0.29, 0.717) is 18.0 Å². The number of benzene rings is 2. The summed E-state index contributed by atoms with van der Waals surface area (Å²) in [6.07, 6.45) is 5.82. The number of amides is 1. The first-order chi connectivity index (χ1) is 16.0. The highest BCUT2D eigenvalue weighted by Gasteiger charge is 2.41. The zero-order valence-electron chi connectivity index (χ0n) is 20.4. The summed E-state index contributed by atoms with van der Waals surface area (Å²) in [4.78, 5) is 16.4. The van der Waals surface area contributed by atoms with E-state index in [4.69, 9.17) is 0 Å². The van der Waals surface area contributed by atoms with Gasteiger partial charge in [-0.05, 0) is 85.7 Å². The van der Waals surface area contributed by atoms with Crippen molar-refractivity contribution in [1.29, 1.82) is 0 Å².